The van der Waals surface area contributed by atoms with Crippen LogP contribution in [0.4, 0.5) is 0 Å². The Balaban J connectivity index is 1.42. The molecule has 262 valence electrons. The van der Waals surface area contributed by atoms with Gasteiger partial charge >= 0.3 is 11.9 Å². The standard InChI is InChI=1S/C46H42O6/c1-6-44(47)51-30-10-28-49-36-21-14-33(15-22-36)18-25-40-38-12-8-9-13-39(38)41(43-32-35(46(3,4)5)20-27-42(40)43)26-19-34-16-23-37(24-17-34)50-29-11-31-52-45(48)7-2/h6-9,12-17,20-24,27,32H,1-2,10-11,28-31H2,3-5H3. The van der Waals surface area contributed by atoms with Gasteiger partial charge in [-0.2, -0.15) is 0 Å². The summed E-state index contributed by atoms with van der Waals surface area (Å²) < 4.78 is 21.6. The van der Waals surface area contributed by atoms with E-state index in [2.05, 4.69) is 87.9 Å². The summed E-state index contributed by atoms with van der Waals surface area (Å²) in [5, 5.41) is 4.18. The van der Waals surface area contributed by atoms with Gasteiger partial charge in [-0.25, -0.2) is 9.59 Å². The van der Waals surface area contributed by atoms with Crippen LogP contribution in [0.3, 0.4) is 0 Å². The van der Waals surface area contributed by atoms with Gasteiger partial charge in [0, 0.05) is 47.2 Å². The van der Waals surface area contributed by atoms with Crippen LogP contribution in [0.2, 0.25) is 0 Å². The van der Waals surface area contributed by atoms with Crippen LogP contribution in [-0.4, -0.2) is 38.4 Å². The summed E-state index contributed by atoms with van der Waals surface area (Å²) in [6.45, 7) is 14.8. The molecule has 6 nitrogen and oxygen atoms in total. The van der Waals surface area contributed by atoms with Crippen molar-refractivity contribution < 1.29 is 28.5 Å². The quantitative estimate of drug-likeness (QED) is 0.0428. The van der Waals surface area contributed by atoms with E-state index < -0.39 is 11.9 Å². The van der Waals surface area contributed by atoms with Crippen LogP contribution in [0.1, 0.15) is 61.4 Å². The molecule has 5 aromatic carbocycles. The highest BCUT2D eigenvalue weighted by Crippen LogP contribution is 2.35. The molecular weight excluding hydrogens is 648 g/mol. The molecule has 0 atom stereocenters. The fourth-order valence-corrected chi connectivity index (χ4v) is 5.41. The molecule has 0 spiro atoms. The molecule has 0 bridgehead atoms. The molecule has 5 rings (SSSR count). The Morgan fingerprint density at radius 1 is 0.577 bits per heavy atom. The van der Waals surface area contributed by atoms with Crippen LogP contribution in [0.5, 0.6) is 11.5 Å². The molecule has 0 amide bonds. The molecule has 0 fully saturated rings. The number of esters is 2. The van der Waals surface area contributed by atoms with Crippen molar-refractivity contribution in [3.05, 3.63) is 144 Å². The van der Waals surface area contributed by atoms with Crippen molar-refractivity contribution in [3.8, 4) is 35.2 Å². The van der Waals surface area contributed by atoms with Crippen LogP contribution in [0, 0.1) is 23.7 Å². The van der Waals surface area contributed by atoms with Crippen LogP contribution < -0.4 is 9.47 Å². The summed E-state index contributed by atoms with van der Waals surface area (Å²) in [6, 6.07) is 30.3. The van der Waals surface area contributed by atoms with E-state index >= 15 is 0 Å². The van der Waals surface area contributed by atoms with Gasteiger partial charge in [0.2, 0.25) is 0 Å². The molecule has 5 aromatic rings. The number of carbonyl (C=O) groups is 2. The second-order valence-electron chi connectivity index (χ2n) is 13.0. The highest BCUT2D eigenvalue weighted by Gasteiger charge is 2.18. The maximum absolute atomic E-state index is 11.2. The number of fused-ring (bicyclic) bond motifs is 2. The van der Waals surface area contributed by atoms with Gasteiger partial charge in [-0.3, -0.25) is 0 Å². The first-order chi connectivity index (χ1) is 25.2. The number of hydrogen-bond acceptors (Lipinski definition) is 6. The van der Waals surface area contributed by atoms with Crippen LogP contribution in [-0.2, 0) is 24.5 Å². The van der Waals surface area contributed by atoms with Crippen molar-refractivity contribution >= 4 is 33.5 Å². The van der Waals surface area contributed by atoms with E-state index in [0.29, 0.717) is 26.1 Å². The van der Waals surface area contributed by atoms with E-state index in [1.165, 1.54) is 5.56 Å². The van der Waals surface area contributed by atoms with Crippen LogP contribution in [0.25, 0.3) is 21.5 Å². The van der Waals surface area contributed by atoms with Crippen molar-refractivity contribution in [2.24, 2.45) is 0 Å². The van der Waals surface area contributed by atoms with Gasteiger partial charge in [-0.05, 0) is 87.1 Å². The number of ether oxygens (including phenoxy) is 4. The lowest BCUT2D eigenvalue weighted by Crippen LogP contribution is -2.10. The molecule has 0 saturated heterocycles. The lowest BCUT2D eigenvalue weighted by molar-refractivity contribution is -0.138. The fourth-order valence-electron chi connectivity index (χ4n) is 5.41. The van der Waals surface area contributed by atoms with E-state index in [4.69, 9.17) is 18.9 Å². The predicted molar refractivity (Wildman–Crippen MR) is 208 cm³/mol. The van der Waals surface area contributed by atoms with E-state index in [1.807, 2.05) is 60.7 Å². The van der Waals surface area contributed by atoms with Gasteiger partial charge in [0.15, 0.2) is 0 Å². The minimum atomic E-state index is -0.436. The van der Waals surface area contributed by atoms with Crippen LogP contribution in [0.15, 0.2) is 116 Å². The SMILES string of the molecule is C=CC(=O)OCCCOc1ccc(C#Cc2c3ccccc3c(C#Cc3ccc(OCCCOC(=O)C=C)cc3)c3cc(C(C)(C)C)ccc23)cc1. The van der Waals surface area contributed by atoms with Crippen LogP contribution >= 0.6 is 0 Å². The summed E-state index contributed by atoms with van der Waals surface area (Å²) >= 11 is 0. The molecule has 0 N–H and O–H groups in total. The van der Waals surface area contributed by atoms with Crippen molar-refractivity contribution in [3.63, 3.8) is 0 Å². The molecular formula is C46H42O6. The minimum absolute atomic E-state index is 0.0562. The molecule has 0 heterocycles. The average molecular weight is 691 g/mol. The van der Waals surface area contributed by atoms with E-state index in [1.54, 1.807) is 0 Å². The maximum Gasteiger partial charge on any atom is 0.330 e. The number of carbonyl (C=O) groups excluding carboxylic acids is 2. The zero-order valence-electron chi connectivity index (χ0n) is 29.9. The summed E-state index contributed by atoms with van der Waals surface area (Å²) in [5.41, 5.74) is 4.79. The molecule has 0 radical (unpaired) electrons. The van der Waals surface area contributed by atoms with E-state index in [0.717, 1.165) is 67.4 Å². The molecule has 52 heavy (non-hydrogen) atoms. The van der Waals surface area contributed by atoms with E-state index in [9.17, 15) is 9.59 Å². The Bertz CT molecular complexity index is 2200. The summed E-state index contributed by atoms with van der Waals surface area (Å²) in [4.78, 5) is 22.4. The fraction of sp³-hybridized carbons (Fsp3) is 0.217. The Labute approximate surface area is 306 Å². The van der Waals surface area contributed by atoms with Crippen molar-refractivity contribution in [2.45, 2.75) is 39.0 Å². The number of benzene rings is 5. The van der Waals surface area contributed by atoms with Crippen molar-refractivity contribution in [2.75, 3.05) is 26.4 Å². The zero-order valence-corrected chi connectivity index (χ0v) is 29.9. The van der Waals surface area contributed by atoms with Gasteiger partial charge in [0.1, 0.15) is 11.5 Å². The van der Waals surface area contributed by atoms with Gasteiger partial charge in [-0.15, -0.1) is 0 Å². The highest BCUT2D eigenvalue weighted by molar-refractivity contribution is 6.10. The van der Waals surface area contributed by atoms with Gasteiger partial charge < -0.3 is 18.9 Å². The minimum Gasteiger partial charge on any atom is -0.493 e. The summed E-state index contributed by atoms with van der Waals surface area (Å²) in [6.07, 6.45) is 3.46. The third kappa shape index (κ3) is 9.93. The summed E-state index contributed by atoms with van der Waals surface area (Å²) in [5.74, 6) is 14.4. The second-order valence-corrected chi connectivity index (χ2v) is 13.0. The predicted octanol–water partition coefficient (Wildman–Crippen LogP) is 9.09. The normalized spacial score (nSPS) is 10.7. The Kier molecular flexibility index (Phi) is 12.5. The molecule has 0 aliphatic heterocycles. The largest absolute Gasteiger partial charge is 0.493 e. The number of rotatable bonds is 12. The zero-order chi connectivity index (χ0) is 36.9. The topological polar surface area (TPSA) is 71.1 Å². The lowest BCUT2D eigenvalue weighted by atomic mass is 9.83. The van der Waals surface area contributed by atoms with Gasteiger partial charge in [0.25, 0.3) is 0 Å². The maximum atomic E-state index is 11.2. The van der Waals surface area contributed by atoms with Gasteiger partial charge in [-0.1, -0.05) is 94.0 Å². The number of hydrogen-bond donors (Lipinski definition) is 0. The second kappa shape index (κ2) is 17.6. The average Bonchev–Trinajstić information content (AvgIpc) is 3.16. The summed E-state index contributed by atoms with van der Waals surface area (Å²) in [7, 11) is 0. The lowest BCUT2D eigenvalue weighted by Gasteiger charge is -2.21. The molecule has 0 unspecified atom stereocenters. The first-order valence-corrected chi connectivity index (χ1v) is 17.2. The van der Waals surface area contributed by atoms with Crippen molar-refractivity contribution in [1.82, 2.24) is 0 Å². The third-order valence-electron chi connectivity index (χ3n) is 8.20. The highest BCUT2D eigenvalue weighted by atomic mass is 16.5. The molecule has 0 saturated carbocycles. The molecule has 0 aromatic heterocycles. The first-order valence-electron chi connectivity index (χ1n) is 17.2. The van der Waals surface area contributed by atoms with E-state index in [-0.39, 0.29) is 18.6 Å². The third-order valence-corrected chi connectivity index (χ3v) is 8.20. The monoisotopic (exact) mass is 690 g/mol. The Morgan fingerprint density at radius 2 is 1.02 bits per heavy atom. The molecule has 0 aliphatic carbocycles. The first kappa shape index (κ1) is 37.0. The Hall–Kier alpha value is -6.24. The molecule has 0 aliphatic rings. The Morgan fingerprint density at radius 3 is 1.46 bits per heavy atom. The van der Waals surface area contributed by atoms with Gasteiger partial charge in [0.05, 0.1) is 26.4 Å². The van der Waals surface area contributed by atoms with Crippen molar-refractivity contribution in [1.29, 1.82) is 0 Å². The molecule has 6 heteroatoms. The smallest absolute Gasteiger partial charge is 0.330 e.